The molecule has 1 aromatic carbocycles. The monoisotopic (exact) mass is 192 g/mol. The molecule has 0 atom stereocenters. The second kappa shape index (κ2) is 4.86. The van der Waals surface area contributed by atoms with Crippen molar-refractivity contribution in [3.8, 4) is 5.75 Å². The first kappa shape index (κ1) is 10.0. The van der Waals surface area contributed by atoms with Gasteiger partial charge in [0, 0.05) is 5.56 Å². The second-order valence-electron chi connectivity index (χ2n) is 2.52. The third kappa shape index (κ3) is 2.22. The molecule has 0 heterocycles. The molecule has 5 nitrogen and oxygen atoms in total. The third-order valence-corrected chi connectivity index (χ3v) is 1.72. The maximum Gasteiger partial charge on any atom is 0.118 e. The summed E-state index contributed by atoms with van der Waals surface area (Å²) in [7, 11) is 1.61. The Bertz CT molecular complexity index is 342. The average molecular weight is 192 g/mol. The first-order chi connectivity index (χ1) is 6.81. The van der Waals surface area contributed by atoms with Gasteiger partial charge in [-0.25, -0.2) is 0 Å². The number of nitrogens with zero attached hydrogens (tertiary/aromatic N) is 2. The molecule has 0 saturated heterocycles. The molecule has 0 aliphatic carbocycles. The first-order valence-electron chi connectivity index (χ1n) is 3.97. The van der Waals surface area contributed by atoms with Crippen LogP contribution in [0.25, 0.3) is 0 Å². The van der Waals surface area contributed by atoms with Crippen molar-refractivity contribution in [1.82, 2.24) is 0 Å². The van der Waals surface area contributed by atoms with Gasteiger partial charge in [0.25, 0.3) is 0 Å². The van der Waals surface area contributed by atoms with Crippen LogP contribution in [-0.2, 0) is 0 Å². The van der Waals surface area contributed by atoms with Crippen LogP contribution in [0.3, 0.4) is 0 Å². The van der Waals surface area contributed by atoms with Gasteiger partial charge in [-0.05, 0) is 24.3 Å². The Morgan fingerprint density at radius 2 is 1.93 bits per heavy atom. The number of hydrazone groups is 2. The summed E-state index contributed by atoms with van der Waals surface area (Å²) in [6.07, 6.45) is 1.39. The molecule has 0 aromatic heterocycles. The highest BCUT2D eigenvalue weighted by Gasteiger charge is 2.00. The number of methoxy groups -OCH3 is 1. The first-order valence-corrected chi connectivity index (χ1v) is 3.97. The fourth-order valence-electron chi connectivity index (χ4n) is 1.01. The van der Waals surface area contributed by atoms with Gasteiger partial charge in [0.05, 0.1) is 13.3 Å². The lowest BCUT2D eigenvalue weighted by atomic mass is 10.1. The highest BCUT2D eigenvalue weighted by Crippen LogP contribution is 2.11. The largest absolute Gasteiger partial charge is 0.497 e. The molecule has 1 aromatic rings. The van der Waals surface area contributed by atoms with Gasteiger partial charge in [0.15, 0.2) is 0 Å². The highest BCUT2D eigenvalue weighted by atomic mass is 16.5. The second-order valence-corrected chi connectivity index (χ2v) is 2.52. The number of rotatable bonds is 3. The zero-order valence-corrected chi connectivity index (χ0v) is 7.84. The van der Waals surface area contributed by atoms with Gasteiger partial charge < -0.3 is 16.4 Å². The number of nitrogens with two attached hydrogens (primary N) is 2. The lowest BCUT2D eigenvalue weighted by molar-refractivity contribution is 0.415. The van der Waals surface area contributed by atoms with Crippen molar-refractivity contribution in [3.05, 3.63) is 29.8 Å². The van der Waals surface area contributed by atoms with Crippen LogP contribution in [0, 0.1) is 0 Å². The topological polar surface area (TPSA) is 86.0 Å². The maximum absolute atomic E-state index is 5.17. The van der Waals surface area contributed by atoms with Crippen LogP contribution in [0.5, 0.6) is 5.75 Å². The van der Waals surface area contributed by atoms with Crippen LogP contribution in [0.1, 0.15) is 5.56 Å². The Labute approximate surface area is 82.1 Å². The Hall–Kier alpha value is -2.04. The van der Waals surface area contributed by atoms with Gasteiger partial charge in [0.2, 0.25) is 0 Å². The van der Waals surface area contributed by atoms with Gasteiger partial charge in [-0.15, -0.1) is 0 Å². The zero-order valence-electron chi connectivity index (χ0n) is 7.84. The van der Waals surface area contributed by atoms with Gasteiger partial charge in [0.1, 0.15) is 11.5 Å². The lowest BCUT2D eigenvalue weighted by Crippen LogP contribution is -2.07. The number of hydrogen-bond donors (Lipinski definition) is 2. The normalized spacial score (nSPS) is 11.9. The molecule has 14 heavy (non-hydrogen) atoms. The quantitative estimate of drug-likeness (QED) is 0.410. The van der Waals surface area contributed by atoms with Gasteiger partial charge in [-0.1, -0.05) is 0 Å². The van der Waals surface area contributed by atoms with E-state index in [-0.39, 0.29) is 0 Å². The number of ether oxygens (including phenoxy) is 1. The molecule has 0 spiro atoms. The minimum atomic E-state index is 0.523. The SMILES string of the molecule is COc1ccc(C(/C=N\N)=N/N)cc1. The predicted octanol–water partition coefficient (Wildman–Crippen LogP) is 0.302. The van der Waals surface area contributed by atoms with E-state index in [9.17, 15) is 0 Å². The lowest BCUT2D eigenvalue weighted by Gasteiger charge is -2.01. The van der Waals surface area contributed by atoms with Crippen molar-refractivity contribution in [2.75, 3.05) is 7.11 Å². The standard InChI is InChI=1S/C9H12N4O/c1-14-8-4-2-7(3-5-8)9(13-11)6-12-10/h2-6H,10-11H2,1H3/b12-6-,13-9+. The van der Waals surface area contributed by atoms with Crippen LogP contribution in [-0.4, -0.2) is 19.0 Å². The predicted molar refractivity (Wildman–Crippen MR) is 56.4 cm³/mol. The Morgan fingerprint density at radius 1 is 1.29 bits per heavy atom. The summed E-state index contributed by atoms with van der Waals surface area (Å²) in [6.45, 7) is 0. The Kier molecular flexibility index (Phi) is 3.49. The fraction of sp³-hybridized carbons (Fsp3) is 0.111. The van der Waals surface area contributed by atoms with Crippen LogP contribution in [0.2, 0.25) is 0 Å². The van der Waals surface area contributed by atoms with Gasteiger partial charge in [-0.2, -0.15) is 10.2 Å². The van der Waals surface area contributed by atoms with Crippen molar-refractivity contribution in [1.29, 1.82) is 0 Å². The molecule has 0 aliphatic rings. The summed E-state index contributed by atoms with van der Waals surface area (Å²) < 4.78 is 5.01. The van der Waals surface area contributed by atoms with Crippen molar-refractivity contribution >= 4 is 11.9 Å². The minimum Gasteiger partial charge on any atom is -0.497 e. The van der Waals surface area contributed by atoms with E-state index in [4.69, 9.17) is 16.4 Å². The zero-order chi connectivity index (χ0) is 10.4. The van der Waals surface area contributed by atoms with E-state index >= 15 is 0 Å². The van der Waals surface area contributed by atoms with E-state index in [0.29, 0.717) is 5.71 Å². The smallest absolute Gasteiger partial charge is 0.118 e. The van der Waals surface area contributed by atoms with E-state index in [1.165, 1.54) is 6.21 Å². The van der Waals surface area contributed by atoms with Crippen molar-refractivity contribution < 1.29 is 4.74 Å². The van der Waals surface area contributed by atoms with Crippen molar-refractivity contribution in [3.63, 3.8) is 0 Å². The Balaban J connectivity index is 2.96. The summed E-state index contributed by atoms with van der Waals surface area (Å²) in [5.74, 6) is 11.0. The molecular weight excluding hydrogens is 180 g/mol. The van der Waals surface area contributed by atoms with Crippen molar-refractivity contribution in [2.45, 2.75) is 0 Å². The van der Waals surface area contributed by atoms with Crippen molar-refractivity contribution in [2.24, 2.45) is 21.9 Å². The molecule has 5 heteroatoms. The fourth-order valence-corrected chi connectivity index (χ4v) is 1.01. The molecule has 0 saturated carbocycles. The van der Waals surface area contributed by atoms with E-state index in [2.05, 4.69) is 10.2 Å². The molecule has 0 unspecified atom stereocenters. The Morgan fingerprint density at radius 3 is 2.36 bits per heavy atom. The van der Waals surface area contributed by atoms with Gasteiger partial charge >= 0.3 is 0 Å². The van der Waals surface area contributed by atoms with E-state index < -0.39 is 0 Å². The van der Waals surface area contributed by atoms with Crippen LogP contribution < -0.4 is 16.4 Å². The van der Waals surface area contributed by atoms with Crippen LogP contribution >= 0.6 is 0 Å². The highest BCUT2D eigenvalue weighted by molar-refractivity contribution is 6.38. The molecule has 0 amide bonds. The van der Waals surface area contributed by atoms with Gasteiger partial charge in [-0.3, -0.25) is 0 Å². The summed E-state index contributed by atoms with van der Waals surface area (Å²) in [4.78, 5) is 0. The molecule has 0 fully saturated rings. The van der Waals surface area contributed by atoms with E-state index in [1.807, 2.05) is 24.3 Å². The molecule has 1 rings (SSSR count). The number of hydrogen-bond acceptors (Lipinski definition) is 5. The molecule has 0 bridgehead atoms. The summed E-state index contributed by atoms with van der Waals surface area (Å²) >= 11 is 0. The minimum absolute atomic E-state index is 0.523. The summed E-state index contributed by atoms with van der Waals surface area (Å²) in [5, 5.41) is 6.91. The molecule has 4 N–H and O–H groups in total. The number of benzene rings is 1. The summed E-state index contributed by atoms with van der Waals surface area (Å²) in [5.41, 5.74) is 1.36. The summed E-state index contributed by atoms with van der Waals surface area (Å²) in [6, 6.07) is 7.27. The molecule has 74 valence electrons. The third-order valence-electron chi connectivity index (χ3n) is 1.72. The average Bonchev–Trinajstić information content (AvgIpc) is 2.26. The van der Waals surface area contributed by atoms with Crippen LogP contribution in [0.4, 0.5) is 0 Å². The van der Waals surface area contributed by atoms with E-state index in [0.717, 1.165) is 11.3 Å². The molecule has 0 radical (unpaired) electrons. The van der Waals surface area contributed by atoms with Crippen LogP contribution in [0.15, 0.2) is 34.5 Å². The molecule has 0 aliphatic heterocycles. The van der Waals surface area contributed by atoms with E-state index in [1.54, 1.807) is 7.11 Å². The maximum atomic E-state index is 5.17. The molecular formula is C9H12N4O.